The Morgan fingerprint density at radius 2 is 1.75 bits per heavy atom. The number of ether oxygens (including phenoxy) is 4. The van der Waals surface area contributed by atoms with Crippen molar-refractivity contribution in [2.24, 2.45) is 4.99 Å². The van der Waals surface area contributed by atoms with Gasteiger partial charge in [-0.3, -0.25) is 4.79 Å². The highest BCUT2D eigenvalue weighted by atomic mass is 35.5. The number of aliphatic imine (C=N–C) groups is 1. The number of hydrogen-bond acceptors (Lipinski definition) is 7. The zero-order chi connectivity index (χ0) is 25.5. The summed E-state index contributed by atoms with van der Waals surface area (Å²) in [4.78, 5) is 17.6. The quantitative estimate of drug-likeness (QED) is 0.334. The molecule has 0 spiro atoms. The Labute approximate surface area is 219 Å². The van der Waals surface area contributed by atoms with Crippen molar-refractivity contribution in [3.05, 3.63) is 81.7 Å². The second kappa shape index (κ2) is 11.9. The van der Waals surface area contributed by atoms with E-state index in [1.165, 1.54) is 11.8 Å². The summed E-state index contributed by atoms with van der Waals surface area (Å²) in [6.07, 6.45) is 1.79. The summed E-state index contributed by atoms with van der Waals surface area (Å²) in [5.41, 5.74) is 2.38. The van der Waals surface area contributed by atoms with E-state index in [1.54, 1.807) is 38.5 Å². The highest BCUT2D eigenvalue weighted by Crippen LogP contribution is 2.36. The standard InChI is InChI=1S/C27H25ClN2O5S/c1-4-34-24-13-18(7-12-22(24)35-16-17-5-8-19(28)9-6-17)14-25-26(31)30-27(36-25)29-21-11-10-20(32-2)15-23(21)33-3/h5-15H,4,16H2,1-3H3,(H,29,30,31)/b25-14-. The number of carbonyl (C=O) groups excluding carboxylic acids is 1. The summed E-state index contributed by atoms with van der Waals surface area (Å²) in [5, 5.41) is 3.94. The predicted octanol–water partition coefficient (Wildman–Crippen LogP) is 6.23. The Kier molecular flexibility index (Phi) is 8.40. The van der Waals surface area contributed by atoms with Gasteiger partial charge in [0.1, 0.15) is 23.8 Å². The third-order valence-electron chi connectivity index (χ3n) is 5.13. The fourth-order valence-electron chi connectivity index (χ4n) is 3.36. The van der Waals surface area contributed by atoms with Crippen LogP contribution in [0, 0.1) is 0 Å². The summed E-state index contributed by atoms with van der Waals surface area (Å²) in [7, 11) is 3.14. The predicted molar refractivity (Wildman–Crippen MR) is 144 cm³/mol. The van der Waals surface area contributed by atoms with Crippen molar-refractivity contribution in [1.29, 1.82) is 0 Å². The Bertz CT molecular complexity index is 1310. The highest BCUT2D eigenvalue weighted by molar-refractivity contribution is 8.18. The summed E-state index contributed by atoms with van der Waals surface area (Å²) in [5.74, 6) is 2.19. The fourth-order valence-corrected chi connectivity index (χ4v) is 4.32. The monoisotopic (exact) mass is 524 g/mol. The number of halogens is 1. The van der Waals surface area contributed by atoms with E-state index in [0.29, 0.717) is 57.0 Å². The van der Waals surface area contributed by atoms with E-state index in [0.717, 1.165) is 11.1 Å². The molecule has 1 heterocycles. The first-order valence-electron chi connectivity index (χ1n) is 11.1. The van der Waals surface area contributed by atoms with E-state index >= 15 is 0 Å². The molecule has 7 nitrogen and oxygen atoms in total. The van der Waals surface area contributed by atoms with Crippen LogP contribution >= 0.6 is 23.4 Å². The van der Waals surface area contributed by atoms with Crippen molar-refractivity contribution in [1.82, 2.24) is 5.32 Å². The van der Waals surface area contributed by atoms with E-state index in [4.69, 9.17) is 30.5 Å². The van der Waals surface area contributed by atoms with E-state index in [2.05, 4.69) is 10.3 Å². The van der Waals surface area contributed by atoms with E-state index in [9.17, 15) is 4.79 Å². The van der Waals surface area contributed by atoms with Gasteiger partial charge < -0.3 is 24.3 Å². The van der Waals surface area contributed by atoms with Crippen molar-refractivity contribution in [2.45, 2.75) is 13.5 Å². The second-order valence-corrected chi connectivity index (χ2v) is 9.04. The summed E-state index contributed by atoms with van der Waals surface area (Å²) in [6.45, 7) is 2.77. The summed E-state index contributed by atoms with van der Waals surface area (Å²) >= 11 is 7.20. The Morgan fingerprint density at radius 1 is 0.944 bits per heavy atom. The lowest BCUT2D eigenvalue weighted by molar-refractivity contribution is -0.115. The van der Waals surface area contributed by atoms with Crippen LogP contribution < -0.4 is 24.3 Å². The van der Waals surface area contributed by atoms with Gasteiger partial charge in [0, 0.05) is 11.1 Å². The van der Waals surface area contributed by atoms with Gasteiger partial charge in [0.2, 0.25) is 0 Å². The van der Waals surface area contributed by atoms with Crippen LogP contribution in [0.25, 0.3) is 6.08 Å². The minimum Gasteiger partial charge on any atom is -0.497 e. The molecule has 1 N–H and O–H groups in total. The summed E-state index contributed by atoms with van der Waals surface area (Å²) < 4.78 is 22.4. The van der Waals surface area contributed by atoms with Crippen LogP contribution in [0.4, 0.5) is 5.69 Å². The minimum absolute atomic E-state index is 0.229. The number of thioether (sulfide) groups is 1. The topological polar surface area (TPSA) is 78.4 Å². The van der Waals surface area contributed by atoms with Crippen LogP contribution in [-0.4, -0.2) is 31.9 Å². The lowest BCUT2D eigenvalue weighted by Crippen LogP contribution is -2.19. The van der Waals surface area contributed by atoms with Crippen LogP contribution in [0.3, 0.4) is 0 Å². The number of amides is 1. The van der Waals surface area contributed by atoms with Crippen molar-refractivity contribution >= 4 is 46.2 Å². The molecule has 186 valence electrons. The third-order valence-corrected chi connectivity index (χ3v) is 6.29. The van der Waals surface area contributed by atoms with Crippen molar-refractivity contribution in [2.75, 3.05) is 20.8 Å². The van der Waals surface area contributed by atoms with Gasteiger partial charge in [0.25, 0.3) is 5.91 Å². The Hall–Kier alpha value is -3.62. The maximum atomic E-state index is 12.6. The molecule has 4 rings (SSSR count). The van der Waals surface area contributed by atoms with Gasteiger partial charge in [0.15, 0.2) is 16.7 Å². The van der Waals surface area contributed by atoms with Gasteiger partial charge in [-0.25, -0.2) is 4.99 Å². The summed E-state index contributed by atoms with van der Waals surface area (Å²) in [6, 6.07) is 18.3. The van der Waals surface area contributed by atoms with Crippen molar-refractivity contribution in [3.63, 3.8) is 0 Å². The van der Waals surface area contributed by atoms with Gasteiger partial charge in [-0.05, 0) is 72.3 Å². The normalized spacial score (nSPS) is 15.2. The molecule has 0 unspecified atom stereocenters. The first kappa shape index (κ1) is 25.5. The van der Waals surface area contributed by atoms with E-state index < -0.39 is 0 Å². The number of hydrogen-bond donors (Lipinski definition) is 1. The lowest BCUT2D eigenvalue weighted by Gasteiger charge is -2.13. The van der Waals surface area contributed by atoms with Gasteiger partial charge in [0.05, 0.1) is 25.7 Å². The molecule has 1 aliphatic heterocycles. The molecule has 0 aliphatic carbocycles. The van der Waals surface area contributed by atoms with Crippen molar-refractivity contribution in [3.8, 4) is 23.0 Å². The molecule has 0 bridgehead atoms. The molecule has 0 atom stereocenters. The van der Waals surface area contributed by atoms with Crippen LogP contribution in [-0.2, 0) is 11.4 Å². The molecule has 1 aliphatic rings. The molecule has 36 heavy (non-hydrogen) atoms. The average Bonchev–Trinajstić information content (AvgIpc) is 3.23. The molecule has 0 radical (unpaired) electrons. The molecular formula is C27H25ClN2O5S. The average molecular weight is 525 g/mol. The molecule has 3 aromatic carbocycles. The first-order chi connectivity index (χ1) is 17.5. The molecule has 9 heteroatoms. The smallest absolute Gasteiger partial charge is 0.264 e. The van der Waals surface area contributed by atoms with Crippen LogP contribution in [0.2, 0.25) is 5.02 Å². The third kappa shape index (κ3) is 6.33. The number of methoxy groups -OCH3 is 2. The molecular weight excluding hydrogens is 500 g/mol. The molecule has 3 aromatic rings. The number of nitrogens with zero attached hydrogens (tertiary/aromatic N) is 1. The number of nitrogens with one attached hydrogen (secondary N) is 1. The van der Waals surface area contributed by atoms with E-state index in [-0.39, 0.29) is 5.91 Å². The maximum absolute atomic E-state index is 12.6. The molecule has 0 saturated carbocycles. The number of amidine groups is 1. The Balaban J connectivity index is 1.51. The van der Waals surface area contributed by atoms with Crippen molar-refractivity contribution < 1.29 is 23.7 Å². The van der Waals surface area contributed by atoms with Gasteiger partial charge in [-0.15, -0.1) is 0 Å². The van der Waals surface area contributed by atoms with Gasteiger partial charge >= 0.3 is 0 Å². The largest absolute Gasteiger partial charge is 0.497 e. The lowest BCUT2D eigenvalue weighted by atomic mass is 10.2. The van der Waals surface area contributed by atoms with Gasteiger partial charge in [-0.2, -0.15) is 0 Å². The number of carbonyl (C=O) groups is 1. The highest BCUT2D eigenvalue weighted by Gasteiger charge is 2.24. The first-order valence-corrected chi connectivity index (χ1v) is 12.3. The fraction of sp³-hybridized carbons (Fsp3) is 0.185. The Morgan fingerprint density at radius 3 is 2.47 bits per heavy atom. The zero-order valence-corrected chi connectivity index (χ0v) is 21.6. The molecule has 1 saturated heterocycles. The molecule has 1 amide bonds. The van der Waals surface area contributed by atoms with Crippen LogP contribution in [0.15, 0.2) is 70.6 Å². The maximum Gasteiger partial charge on any atom is 0.264 e. The van der Waals surface area contributed by atoms with Crippen LogP contribution in [0.5, 0.6) is 23.0 Å². The molecule has 0 aromatic heterocycles. The second-order valence-electron chi connectivity index (χ2n) is 7.57. The number of rotatable bonds is 9. The van der Waals surface area contributed by atoms with E-state index in [1.807, 2.05) is 49.4 Å². The minimum atomic E-state index is -0.229. The SMILES string of the molecule is CCOc1cc(/C=C2\SC(=Nc3ccc(OC)cc3OC)NC2=O)ccc1OCc1ccc(Cl)cc1. The number of benzene rings is 3. The zero-order valence-electron chi connectivity index (χ0n) is 20.0. The van der Waals surface area contributed by atoms with Gasteiger partial charge in [-0.1, -0.05) is 29.8 Å². The molecule has 1 fully saturated rings. The van der Waals surface area contributed by atoms with Crippen LogP contribution in [0.1, 0.15) is 18.1 Å².